The van der Waals surface area contributed by atoms with Crippen LogP contribution in [-0.2, 0) is 11.3 Å². The van der Waals surface area contributed by atoms with Crippen molar-refractivity contribution in [1.29, 1.82) is 0 Å². The van der Waals surface area contributed by atoms with Gasteiger partial charge in [0, 0.05) is 16.3 Å². The number of hydrogen-bond acceptors (Lipinski definition) is 8. The van der Waals surface area contributed by atoms with Crippen molar-refractivity contribution in [3.05, 3.63) is 45.7 Å². The number of benzene rings is 1. The van der Waals surface area contributed by atoms with Gasteiger partial charge in [-0.05, 0) is 25.1 Å². The summed E-state index contributed by atoms with van der Waals surface area (Å²) in [5.74, 6) is -0.209. The molecule has 1 amide bonds. The standard InChI is InChI=1S/C19H18FN3O4S2/c1-10-22-18-13(5-11(27-2)6-14(18)20)19(23-10)28-9-15(25)16-4-3-12(29-16)7-21-17(26)8-24/h3-6,24H,7-9H2,1-2H3,(H,21,26). The second kappa shape index (κ2) is 9.29. The maximum atomic E-state index is 14.3. The largest absolute Gasteiger partial charge is 0.497 e. The van der Waals surface area contributed by atoms with Gasteiger partial charge in [0.25, 0.3) is 0 Å². The van der Waals surface area contributed by atoms with Crippen LogP contribution in [0.1, 0.15) is 20.4 Å². The fraction of sp³-hybridized carbons (Fsp3) is 0.263. The molecule has 0 unspecified atom stereocenters. The number of aryl methyl sites for hydroxylation is 1. The zero-order chi connectivity index (χ0) is 21.0. The van der Waals surface area contributed by atoms with Crippen LogP contribution >= 0.6 is 23.1 Å². The zero-order valence-corrected chi connectivity index (χ0v) is 17.3. The van der Waals surface area contributed by atoms with E-state index in [9.17, 15) is 14.0 Å². The van der Waals surface area contributed by atoms with E-state index < -0.39 is 18.3 Å². The van der Waals surface area contributed by atoms with Gasteiger partial charge in [-0.2, -0.15) is 0 Å². The van der Waals surface area contributed by atoms with Gasteiger partial charge in [-0.15, -0.1) is 11.3 Å². The lowest BCUT2D eigenvalue weighted by Gasteiger charge is -2.09. The number of halogens is 1. The van der Waals surface area contributed by atoms with E-state index in [0.717, 1.165) is 4.88 Å². The number of aromatic nitrogens is 2. The molecular formula is C19H18FN3O4S2. The number of rotatable bonds is 8. The normalized spacial score (nSPS) is 10.9. The van der Waals surface area contributed by atoms with Crippen LogP contribution < -0.4 is 10.1 Å². The quantitative estimate of drug-likeness (QED) is 0.319. The van der Waals surface area contributed by atoms with Crippen molar-refractivity contribution in [2.24, 2.45) is 0 Å². The predicted molar refractivity (Wildman–Crippen MR) is 109 cm³/mol. The molecule has 0 radical (unpaired) electrons. The maximum absolute atomic E-state index is 14.3. The highest BCUT2D eigenvalue weighted by molar-refractivity contribution is 8.00. The van der Waals surface area contributed by atoms with Crippen LogP contribution in [0.2, 0.25) is 0 Å². The van der Waals surface area contributed by atoms with E-state index in [1.54, 1.807) is 25.1 Å². The summed E-state index contributed by atoms with van der Waals surface area (Å²) >= 11 is 2.48. The Hall–Kier alpha value is -2.56. The molecule has 2 N–H and O–H groups in total. The number of thiophene rings is 1. The highest BCUT2D eigenvalue weighted by atomic mass is 32.2. The minimum absolute atomic E-state index is 0.104. The van der Waals surface area contributed by atoms with E-state index >= 15 is 0 Å². The van der Waals surface area contributed by atoms with Crippen molar-refractivity contribution in [2.45, 2.75) is 18.5 Å². The van der Waals surface area contributed by atoms with Crippen molar-refractivity contribution in [1.82, 2.24) is 15.3 Å². The summed E-state index contributed by atoms with van der Waals surface area (Å²) in [6.45, 7) is 1.34. The van der Waals surface area contributed by atoms with Gasteiger partial charge in [0.1, 0.15) is 28.7 Å². The molecule has 0 aliphatic carbocycles. The Morgan fingerprint density at radius 3 is 2.83 bits per heavy atom. The minimum Gasteiger partial charge on any atom is -0.497 e. The Bertz CT molecular complexity index is 1070. The third-order valence-electron chi connectivity index (χ3n) is 3.92. The van der Waals surface area contributed by atoms with E-state index in [-0.39, 0.29) is 23.6 Å². The lowest BCUT2D eigenvalue weighted by Crippen LogP contribution is -2.25. The summed E-state index contributed by atoms with van der Waals surface area (Å²) in [6, 6.07) is 6.36. The highest BCUT2D eigenvalue weighted by Crippen LogP contribution is 2.31. The first-order valence-corrected chi connectivity index (χ1v) is 10.4. The van der Waals surface area contributed by atoms with Gasteiger partial charge in [0.2, 0.25) is 5.91 Å². The molecule has 0 saturated carbocycles. The van der Waals surface area contributed by atoms with Crippen LogP contribution in [0.15, 0.2) is 29.3 Å². The smallest absolute Gasteiger partial charge is 0.246 e. The zero-order valence-electron chi connectivity index (χ0n) is 15.7. The summed E-state index contributed by atoms with van der Waals surface area (Å²) < 4.78 is 19.4. The van der Waals surface area contributed by atoms with Gasteiger partial charge in [0.15, 0.2) is 11.6 Å². The number of aliphatic hydroxyl groups excluding tert-OH is 1. The fourth-order valence-electron chi connectivity index (χ4n) is 2.54. The van der Waals surface area contributed by atoms with Crippen molar-refractivity contribution >= 4 is 45.7 Å². The second-order valence-corrected chi connectivity index (χ2v) is 8.13. The summed E-state index contributed by atoms with van der Waals surface area (Å²) in [5, 5.41) is 12.3. The number of hydrogen-bond donors (Lipinski definition) is 2. The van der Waals surface area contributed by atoms with E-state index in [1.807, 2.05) is 0 Å². The number of nitrogens with one attached hydrogen (secondary N) is 1. The molecule has 152 valence electrons. The number of carbonyl (C=O) groups is 2. The molecule has 3 rings (SSSR count). The number of ether oxygens (including phenoxy) is 1. The number of ketones is 1. The van der Waals surface area contributed by atoms with Crippen LogP contribution in [0.25, 0.3) is 10.9 Å². The van der Waals surface area contributed by atoms with Gasteiger partial charge in [-0.25, -0.2) is 14.4 Å². The number of amides is 1. The minimum atomic E-state index is -0.578. The van der Waals surface area contributed by atoms with Crippen molar-refractivity contribution < 1.29 is 23.8 Å². The van der Waals surface area contributed by atoms with Crippen molar-refractivity contribution in [3.63, 3.8) is 0 Å². The van der Waals surface area contributed by atoms with Gasteiger partial charge in [0.05, 0.1) is 24.3 Å². The first-order chi connectivity index (χ1) is 13.9. The molecule has 10 heteroatoms. The molecule has 29 heavy (non-hydrogen) atoms. The van der Waals surface area contributed by atoms with Crippen LogP contribution in [0.4, 0.5) is 4.39 Å². The highest BCUT2D eigenvalue weighted by Gasteiger charge is 2.16. The molecular weight excluding hydrogens is 417 g/mol. The maximum Gasteiger partial charge on any atom is 0.246 e. The molecule has 0 saturated heterocycles. The second-order valence-electron chi connectivity index (χ2n) is 5.99. The van der Waals surface area contributed by atoms with E-state index in [2.05, 4.69) is 15.3 Å². The van der Waals surface area contributed by atoms with E-state index in [4.69, 9.17) is 9.84 Å². The Morgan fingerprint density at radius 1 is 1.31 bits per heavy atom. The number of fused-ring (bicyclic) bond motifs is 1. The lowest BCUT2D eigenvalue weighted by molar-refractivity contribution is -0.123. The van der Waals surface area contributed by atoms with Gasteiger partial charge < -0.3 is 15.2 Å². The average Bonchev–Trinajstić information content (AvgIpc) is 3.19. The first-order valence-electron chi connectivity index (χ1n) is 8.55. The Morgan fingerprint density at radius 2 is 2.10 bits per heavy atom. The molecule has 0 aliphatic rings. The summed E-state index contributed by atoms with van der Waals surface area (Å²) in [5.41, 5.74) is 0.186. The summed E-state index contributed by atoms with van der Waals surface area (Å²) in [7, 11) is 1.45. The summed E-state index contributed by atoms with van der Waals surface area (Å²) in [6.07, 6.45) is 0. The summed E-state index contributed by atoms with van der Waals surface area (Å²) in [4.78, 5) is 33.5. The SMILES string of the molecule is COc1cc(F)c2nc(C)nc(SCC(=O)c3ccc(CNC(=O)CO)s3)c2c1. The van der Waals surface area contributed by atoms with Gasteiger partial charge >= 0.3 is 0 Å². The van der Waals surface area contributed by atoms with Crippen LogP contribution in [0.3, 0.4) is 0 Å². The molecule has 0 bridgehead atoms. The molecule has 1 aromatic carbocycles. The number of carbonyl (C=O) groups excluding carboxylic acids is 2. The number of thioether (sulfide) groups is 1. The molecule has 2 heterocycles. The third-order valence-corrected chi connectivity index (χ3v) is 6.04. The van der Waals surface area contributed by atoms with E-state index in [0.29, 0.717) is 26.9 Å². The fourth-order valence-corrected chi connectivity index (χ4v) is 4.45. The van der Waals surface area contributed by atoms with Crippen LogP contribution in [-0.4, -0.2) is 46.2 Å². The number of nitrogens with zero attached hydrogens (tertiary/aromatic N) is 2. The molecule has 0 aliphatic heterocycles. The van der Waals surface area contributed by atoms with Gasteiger partial charge in [-0.1, -0.05) is 11.8 Å². The molecule has 2 aromatic heterocycles. The Kier molecular flexibility index (Phi) is 6.78. The number of methoxy groups -OCH3 is 1. The molecule has 0 atom stereocenters. The van der Waals surface area contributed by atoms with Crippen LogP contribution in [0.5, 0.6) is 5.75 Å². The molecule has 3 aromatic rings. The van der Waals surface area contributed by atoms with E-state index in [1.165, 1.54) is 36.3 Å². The van der Waals surface area contributed by atoms with Crippen molar-refractivity contribution in [2.75, 3.05) is 19.5 Å². The Balaban J connectivity index is 1.75. The third kappa shape index (κ3) is 5.08. The average molecular weight is 436 g/mol. The number of Topliss-reactive ketones (excluding diaryl/α,β-unsaturated/α-hetero) is 1. The lowest BCUT2D eigenvalue weighted by atomic mass is 10.2. The monoisotopic (exact) mass is 435 g/mol. The molecule has 0 fully saturated rings. The predicted octanol–water partition coefficient (Wildman–Crippen LogP) is 2.73. The van der Waals surface area contributed by atoms with Crippen molar-refractivity contribution in [3.8, 4) is 5.75 Å². The van der Waals surface area contributed by atoms with Gasteiger partial charge in [-0.3, -0.25) is 9.59 Å². The first kappa shape index (κ1) is 21.2. The Labute approximate surface area is 174 Å². The number of aliphatic hydroxyl groups is 1. The topological polar surface area (TPSA) is 101 Å². The molecule has 7 nitrogen and oxygen atoms in total. The molecule has 0 spiro atoms. The van der Waals surface area contributed by atoms with Crippen LogP contribution in [0, 0.1) is 12.7 Å².